The van der Waals surface area contributed by atoms with E-state index < -0.39 is 34.7 Å². The molecule has 1 aliphatic rings. The monoisotopic (exact) mass is 548 g/mol. The summed E-state index contributed by atoms with van der Waals surface area (Å²) in [5.74, 6) is -8.70. The quantitative estimate of drug-likeness (QED) is 0.495. The predicted octanol–water partition coefficient (Wildman–Crippen LogP) is 4.57. The number of rotatable bonds is 7. The van der Waals surface area contributed by atoms with Crippen LogP contribution in [0.2, 0.25) is 10.0 Å². The van der Waals surface area contributed by atoms with E-state index in [2.05, 4.69) is 4.90 Å². The van der Waals surface area contributed by atoms with Gasteiger partial charge in [0.2, 0.25) is 5.79 Å². The van der Waals surface area contributed by atoms with Crippen LogP contribution in [0.5, 0.6) is 0 Å². The maximum atomic E-state index is 13.8. The van der Waals surface area contributed by atoms with Crippen molar-refractivity contribution >= 4 is 45.6 Å². The minimum Gasteiger partial charge on any atom is -0.365 e. The molecule has 11 heteroatoms. The molecule has 0 radical (unpaired) electrons. The molecule has 3 atom stereocenters. The number of hydrogen-bond donors (Lipinski definition) is 2. The Labute approximate surface area is 215 Å². The van der Waals surface area contributed by atoms with Gasteiger partial charge in [-0.2, -0.15) is 0 Å². The number of carbonyl (C=O) groups excluding carboxylic acids is 1. The van der Waals surface area contributed by atoms with Crippen LogP contribution in [0.3, 0.4) is 0 Å². The molecule has 6 nitrogen and oxygen atoms in total. The van der Waals surface area contributed by atoms with Gasteiger partial charge in [-0.1, -0.05) is 36.2 Å². The predicted molar refractivity (Wildman–Crippen MR) is 134 cm³/mol. The Morgan fingerprint density at radius 1 is 1.11 bits per heavy atom. The first kappa shape index (κ1) is 27.8. The summed E-state index contributed by atoms with van der Waals surface area (Å²) in [6.07, 6.45) is -0.834. The number of amides is 1. The zero-order valence-electron chi connectivity index (χ0n) is 19.6. The SMILES string of the molecule is CCC(F)(F)C(O)(O)C[S@@](=O)c1ccc(C(=O)N2CCN(c3cccc(Cl)c3)[C@@H](C)[C@@H]2C)cc1Cl. The Morgan fingerprint density at radius 3 is 2.40 bits per heavy atom. The number of piperazine rings is 1. The van der Waals surface area contributed by atoms with Crippen LogP contribution in [0.15, 0.2) is 47.4 Å². The number of alkyl halides is 2. The van der Waals surface area contributed by atoms with E-state index in [9.17, 15) is 28.0 Å². The fraction of sp³-hybridized carbons (Fsp3) is 0.458. The Balaban J connectivity index is 1.75. The van der Waals surface area contributed by atoms with E-state index in [1.807, 2.05) is 32.0 Å². The molecule has 2 N–H and O–H groups in total. The van der Waals surface area contributed by atoms with Crippen molar-refractivity contribution in [1.82, 2.24) is 4.90 Å². The van der Waals surface area contributed by atoms with Crippen molar-refractivity contribution in [3.8, 4) is 0 Å². The van der Waals surface area contributed by atoms with Crippen molar-refractivity contribution in [2.45, 2.75) is 55.9 Å². The van der Waals surface area contributed by atoms with Crippen LogP contribution >= 0.6 is 23.2 Å². The molecule has 2 aromatic rings. The number of anilines is 1. The third kappa shape index (κ3) is 5.80. The summed E-state index contributed by atoms with van der Waals surface area (Å²) < 4.78 is 40.1. The molecule has 2 aromatic carbocycles. The molecule has 0 unspecified atom stereocenters. The zero-order valence-corrected chi connectivity index (χ0v) is 21.9. The number of benzene rings is 2. The lowest BCUT2D eigenvalue weighted by molar-refractivity contribution is -0.281. The van der Waals surface area contributed by atoms with Crippen molar-refractivity contribution in [2.75, 3.05) is 23.7 Å². The van der Waals surface area contributed by atoms with Gasteiger partial charge < -0.3 is 20.0 Å². The van der Waals surface area contributed by atoms with Crippen LogP contribution < -0.4 is 4.90 Å². The second kappa shape index (κ2) is 10.7. The summed E-state index contributed by atoms with van der Waals surface area (Å²) in [4.78, 5) is 17.1. The minimum absolute atomic E-state index is 0.00381. The van der Waals surface area contributed by atoms with E-state index in [1.165, 1.54) is 18.2 Å². The van der Waals surface area contributed by atoms with Gasteiger partial charge in [-0.3, -0.25) is 9.00 Å². The molecule has 1 heterocycles. The summed E-state index contributed by atoms with van der Waals surface area (Å²) in [5.41, 5.74) is 1.22. The number of hydrogen-bond acceptors (Lipinski definition) is 5. The van der Waals surface area contributed by atoms with Gasteiger partial charge in [0, 0.05) is 47.9 Å². The highest BCUT2D eigenvalue weighted by molar-refractivity contribution is 7.85. The van der Waals surface area contributed by atoms with Gasteiger partial charge in [-0.05, 0) is 50.2 Å². The summed E-state index contributed by atoms with van der Waals surface area (Å²) >= 11 is 12.4. The molecule has 0 aromatic heterocycles. The van der Waals surface area contributed by atoms with E-state index in [0.717, 1.165) is 12.6 Å². The van der Waals surface area contributed by atoms with Gasteiger partial charge in [-0.25, -0.2) is 8.78 Å². The molecule has 1 aliphatic heterocycles. The Bertz CT molecular complexity index is 1120. The van der Waals surface area contributed by atoms with Gasteiger partial charge in [0.25, 0.3) is 5.91 Å². The molecule has 0 saturated carbocycles. The Kier molecular flexibility index (Phi) is 8.49. The first-order chi connectivity index (χ1) is 16.3. The number of aliphatic hydroxyl groups is 2. The summed E-state index contributed by atoms with van der Waals surface area (Å²) in [6.45, 7) is 6.10. The van der Waals surface area contributed by atoms with Crippen molar-refractivity contribution in [2.24, 2.45) is 0 Å². The second-order valence-electron chi connectivity index (χ2n) is 8.66. The maximum Gasteiger partial charge on any atom is 0.301 e. The van der Waals surface area contributed by atoms with E-state index in [-0.39, 0.29) is 33.5 Å². The molecule has 3 rings (SSSR count). The van der Waals surface area contributed by atoms with Gasteiger partial charge in [0.15, 0.2) is 0 Å². The third-order valence-electron chi connectivity index (χ3n) is 6.45. The standard InChI is InChI=1S/C24H28Cl2F2N2O4S/c1-4-23(27,28)24(32,33)14-35(34)21-9-8-17(12-20(21)26)22(31)30-11-10-29(15(2)16(30)3)19-7-5-6-18(25)13-19/h5-9,12-13,15-16,32-33H,4,10-11,14H2,1-3H3/t15-,16-,35+/m0/s1. The van der Waals surface area contributed by atoms with E-state index in [4.69, 9.17) is 23.2 Å². The normalized spacial score (nSPS) is 20.1. The van der Waals surface area contributed by atoms with E-state index in [0.29, 0.717) is 18.1 Å². The van der Waals surface area contributed by atoms with Crippen LogP contribution in [0, 0.1) is 0 Å². The largest absolute Gasteiger partial charge is 0.365 e. The molecule has 0 spiro atoms. The average Bonchev–Trinajstić information content (AvgIpc) is 2.79. The Morgan fingerprint density at radius 2 is 1.80 bits per heavy atom. The van der Waals surface area contributed by atoms with E-state index in [1.54, 1.807) is 11.0 Å². The van der Waals surface area contributed by atoms with Gasteiger partial charge >= 0.3 is 5.92 Å². The molecular formula is C24H28Cl2F2N2O4S. The summed E-state index contributed by atoms with van der Waals surface area (Å²) in [5, 5.41) is 20.0. The average molecular weight is 549 g/mol. The molecular weight excluding hydrogens is 521 g/mol. The lowest BCUT2D eigenvalue weighted by atomic mass is 10.0. The Hall–Kier alpha value is -1.78. The van der Waals surface area contributed by atoms with Crippen LogP contribution in [-0.4, -0.2) is 67.9 Å². The highest BCUT2D eigenvalue weighted by atomic mass is 35.5. The minimum atomic E-state index is -3.84. The molecule has 0 aliphatic carbocycles. The van der Waals surface area contributed by atoms with Gasteiger partial charge in [-0.15, -0.1) is 0 Å². The first-order valence-electron chi connectivity index (χ1n) is 11.1. The highest BCUT2D eigenvalue weighted by Gasteiger charge is 2.51. The molecule has 0 bridgehead atoms. The van der Waals surface area contributed by atoms with Crippen LogP contribution in [-0.2, 0) is 10.8 Å². The second-order valence-corrected chi connectivity index (χ2v) is 10.9. The van der Waals surface area contributed by atoms with Crippen molar-refractivity contribution < 1.29 is 28.0 Å². The first-order valence-corrected chi connectivity index (χ1v) is 13.2. The van der Waals surface area contributed by atoms with Gasteiger partial charge in [0.1, 0.15) is 0 Å². The summed E-state index contributed by atoms with van der Waals surface area (Å²) in [7, 11) is -2.23. The lowest BCUT2D eigenvalue weighted by Gasteiger charge is -2.46. The molecule has 1 amide bonds. The van der Waals surface area contributed by atoms with Crippen LogP contribution in [0.25, 0.3) is 0 Å². The van der Waals surface area contributed by atoms with Gasteiger partial charge in [0.05, 0.1) is 26.5 Å². The summed E-state index contributed by atoms with van der Waals surface area (Å²) in [6, 6.07) is 11.4. The number of nitrogens with zero attached hydrogens (tertiary/aromatic N) is 2. The van der Waals surface area contributed by atoms with Crippen molar-refractivity contribution in [1.29, 1.82) is 0 Å². The van der Waals surface area contributed by atoms with E-state index >= 15 is 0 Å². The number of halogens is 4. The molecule has 1 saturated heterocycles. The van der Waals surface area contributed by atoms with Crippen molar-refractivity contribution in [3.05, 3.63) is 58.1 Å². The third-order valence-corrected chi connectivity index (χ3v) is 8.62. The fourth-order valence-electron chi connectivity index (χ4n) is 4.08. The highest BCUT2D eigenvalue weighted by Crippen LogP contribution is 2.33. The fourth-order valence-corrected chi connectivity index (χ4v) is 5.93. The molecule has 192 valence electrons. The smallest absolute Gasteiger partial charge is 0.301 e. The van der Waals surface area contributed by atoms with Crippen LogP contribution in [0.4, 0.5) is 14.5 Å². The maximum absolute atomic E-state index is 13.8. The molecule has 35 heavy (non-hydrogen) atoms. The lowest BCUT2D eigenvalue weighted by Crippen LogP contribution is -2.59. The van der Waals surface area contributed by atoms with Crippen molar-refractivity contribution in [3.63, 3.8) is 0 Å². The molecule has 1 fully saturated rings. The van der Waals surface area contributed by atoms with Crippen LogP contribution in [0.1, 0.15) is 37.6 Å². The zero-order chi connectivity index (χ0) is 26.1. The topological polar surface area (TPSA) is 81.1 Å². The number of carbonyl (C=O) groups is 1.